The van der Waals surface area contributed by atoms with Gasteiger partial charge in [-0.15, -0.1) is 0 Å². The van der Waals surface area contributed by atoms with Crippen LogP contribution in [0.2, 0.25) is 0 Å². The Morgan fingerprint density at radius 3 is 2.00 bits per heavy atom. The van der Waals surface area contributed by atoms with Crippen LogP contribution in [0, 0.1) is 0 Å². The van der Waals surface area contributed by atoms with Gasteiger partial charge in [0.25, 0.3) is 0 Å². The molecule has 0 saturated carbocycles. The predicted molar refractivity (Wildman–Crippen MR) is 87.4 cm³/mol. The number of nitrogens with zero attached hydrogens (tertiary/aromatic N) is 1. The molecule has 0 spiro atoms. The fourth-order valence-electron chi connectivity index (χ4n) is 2.51. The molecule has 0 saturated heterocycles. The lowest BCUT2D eigenvalue weighted by Crippen LogP contribution is -2.16. The molecule has 0 aliphatic carbocycles. The maximum Gasteiger partial charge on any atom is 0.356 e. The highest BCUT2D eigenvalue weighted by Crippen LogP contribution is 2.27. The molecule has 2 rings (SSSR count). The fraction of sp³-hybridized carbons (Fsp3) is 0.294. The van der Waals surface area contributed by atoms with E-state index >= 15 is 0 Å². The Hall–Kier alpha value is -3.36. The first kappa shape index (κ1) is 19.0. The molecule has 0 bridgehead atoms. The SMILES string of the molecule is CCOC(=O)c1c(C(=O)OC)c(C(=O)OC)c2cc(C(=O)OC)ccn12. The molecule has 2 heterocycles. The molecule has 0 radical (unpaired) electrons. The summed E-state index contributed by atoms with van der Waals surface area (Å²) >= 11 is 0. The Morgan fingerprint density at radius 1 is 0.885 bits per heavy atom. The Labute approximate surface area is 148 Å². The lowest BCUT2D eigenvalue weighted by Gasteiger charge is -2.06. The molecule has 2 aromatic rings. The van der Waals surface area contributed by atoms with Crippen molar-refractivity contribution in [1.82, 2.24) is 4.40 Å². The van der Waals surface area contributed by atoms with Crippen molar-refractivity contribution >= 4 is 29.4 Å². The summed E-state index contributed by atoms with van der Waals surface area (Å²) in [6.07, 6.45) is 1.35. The van der Waals surface area contributed by atoms with Gasteiger partial charge in [0.1, 0.15) is 16.8 Å². The van der Waals surface area contributed by atoms with E-state index in [1.54, 1.807) is 6.92 Å². The number of hydrogen-bond acceptors (Lipinski definition) is 8. The van der Waals surface area contributed by atoms with Gasteiger partial charge in [-0.25, -0.2) is 19.2 Å². The molecule has 26 heavy (non-hydrogen) atoms. The summed E-state index contributed by atoms with van der Waals surface area (Å²) in [5, 5.41) is 0. The number of methoxy groups -OCH3 is 3. The summed E-state index contributed by atoms with van der Waals surface area (Å²) in [5.74, 6) is -3.28. The number of carbonyl (C=O) groups is 4. The molecule has 9 nitrogen and oxygen atoms in total. The first-order chi connectivity index (χ1) is 12.4. The van der Waals surface area contributed by atoms with Gasteiger partial charge in [-0.05, 0) is 19.1 Å². The molecular weight excluding hydrogens is 346 g/mol. The van der Waals surface area contributed by atoms with Gasteiger partial charge in [0, 0.05) is 6.20 Å². The number of carbonyl (C=O) groups excluding carboxylic acids is 4. The second-order valence-corrected chi connectivity index (χ2v) is 4.96. The highest BCUT2D eigenvalue weighted by Gasteiger charge is 2.33. The van der Waals surface area contributed by atoms with Gasteiger partial charge in [0.05, 0.1) is 39.0 Å². The summed E-state index contributed by atoms with van der Waals surface area (Å²) in [6.45, 7) is 1.66. The highest BCUT2D eigenvalue weighted by atomic mass is 16.5. The molecule has 0 amide bonds. The topological polar surface area (TPSA) is 110 Å². The van der Waals surface area contributed by atoms with Crippen LogP contribution in [0.3, 0.4) is 0 Å². The summed E-state index contributed by atoms with van der Waals surface area (Å²) < 4.78 is 20.3. The van der Waals surface area contributed by atoms with Crippen LogP contribution in [-0.2, 0) is 18.9 Å². The third kappa shape index (κ3) is 3.10. The molecule has 2 aromatic heterocycles. The van der Waals surface area contributed by atoms with E-state index in [1.807, 2.05) is 0 Å². The fourth-order valence-corrected chi connectivity index (χ4v) is 2.51. The number of aromatic nitrogens is 1. The maximum atomic E-state index is 12.4. The monoisotopic (exact) mass is 363 g/mol. The number of rotatable bonds is 5. The largest absolute Gasteiger partial charge is 0.465 e. The van der Waals surface area contributed by atoms with Crippen molar-refractivity contribution in [2.24, 2.45) is 0 Å². The summed E-state index contributed by atoms with van der Waals surface area (Å²) in [6, 6.07) is 2.69. The first-order valence-electron chi connectivity index (χ1n) is 7.51. The number of esters is 4. The van der Waals surface area contributed by atoms with Crippen molar-refractivity contribution in [3.05, 3.63) is 40.7 Å². The average Bonchev–Trinajstić information content (AvgIpc) is 3.00. The van der Waals surface area contributed by atoms with E-state index in [-0.39, 0.29) is 34.5 Å². The Kier molecular flexibility index (Phi) is 5.61. The molecule has 0 aliphatic rings. The summed E-state index contributed by atoms with van der Waals surface area (Å²) in [4.78, 5) is 48.8. The maximum absolute atomic E-state index is 12.4. The van der Waals surface area contributed by atoms with Crippen molar-refractivity contribution < 1.29 is 38.1 Å². The average molecular weight is 363 g/mol. The quantitative estimate of drug-likeness (QED) is 0.580. The van der Waals surface area contributed by atoms with Gasteiger partial charge < -0.3 is 23.3 Å². The van der Waals surface area contributed by atoms with Gasteiger partial charge in [-0.1, -0.05) is 0 Å². The lowest BCUT2D eigenvalue weighted by molar-refractivity contribution is 0.0494. The van der Waals surface area contributed by atoms with Crippen LogP contribution in [-0.4, -0.2) is 56.2 Å². The zero-order valence-corrected chi connectivity index (χ0v) is 14.7. The van der Waals surface area contributed by atoms with Crippen LogP contribution < -0.4 is 0 Å². The van der Waals surface area contributed by atoms with Gasteiger partial charge in [0.2, 0.25) is 0 Å². The van der Waals surface area contributed by atoms with E-state index in [0.717, 1.165) is 14.2 Å². The Balaban J connectivity index is 2.94. The van der Waals surface area contributed by atoms with Gasteiger partial charge in [0.15, 0.2) is 0 Å². The second kappa shape index (κ2) is 7.68. The molecular formula is C17H17NO8. The van der Waals surface area contributed by atoms with Crippen LogP contribution in [0.5, 0.6) is 0 Å². The van der Waals surface area contributed by atoms with Crippen LogP contribution in [0.4, 0.5) is 0 Å². The van der Waals surface area contributed by atoms with Gasteiger partial charge in [-0.3, -0.25) is 0 Å². The molecule has 138 valence electrons. The van der Waals surface area contributed by atoms with Crippen LogP contribution in [0.15, 0.2) is 18.3 Å². The number of fused-ring (bicyclic) bond motifs is 1. The van der Waals surface area contributed by atoms with Gasteiger partial charge >= 0.3 is 23.9 Å². The molecule has 0 fully saturated rings. The third-order valence-corrected chi connectivity index (χ3v) is 3.61. The van der Waals surface area contributed by atoms with Crippen molar-refractivity contribution in [1.29, 1.82) is 0 Å². The molecule has 0 N–H and O–H groups in total. The minimum atomic E-state index is -0.920. The summed E-state index contributed by atoms with van der Waals surface area (Å²) in [7, 11) is 3.44. The van der Waals surface area contributed by atoms with Crippen molar-refractivity contribution in [2.45, 2.75) is 6.92 Å². The van der Waals surface area contributed by atoms with Crippen LogP contribution in [0.1, 0.15) is 48.5 Å². The van der Waals surface area contributed by atoms with Gasteiger partial charge in [-0.2, -0.15) is 0 Å². The molecule has 0 unspecified atom stereocenters. The minimum Gasteiger partial charge on any atom is -0.465 e. The predicted octanol–water partition coefficient (Wildman–Crippen LogP) is 1.48. The zero-order valence-electron chi connectivity index (χ0n) is 14.7. The standard InChI is InChI=1S/C17H17NO8/c1-5-26-17(22)13-12(16(21)25-4)11(15(20)24-3)10-8-9(14(19)23-2)6-7-18(10)13/h6-8H,5H2,1-4H3. The highest BCUT2D eigenvalue weighted by molar-refractivity contribution is 6.15. The van der Waals surface area contributed by atoms with Crippen molar-refractivity contribution in [2.75, 3.05) is 27.9 Å². The normalized spacial score (nSPS) is 10.3. The van der Waals surface area contributed by atoms with E-state index in [1.165, 1.54) is 29.8 Å². The lowest BCUT2D eigenvalue weighted by atomic mass is 10.1. The molecule has 9 heteroatoms. The number of pyridine rings is 1. The molecule has 0 atom stereocenters. The van der Waals surface area contributed by atoms with E-state index in [2.05, 4.69) is 4.74 Å². The number of ether oxygens (including phenoxy) is 4. The molecule has 0 aliphatic heterocycles. The molecule has 0 aromatic carbocycles. The van der Waals surface area contributed by atoms with Crippen molar-refractivity contribution in [3.63, 3.8) is 0 Å². The second-order valence-electron chi connectivity index (χ2n) is 4.96. The van der Waals surface area contributed by atoms with E-state index in [9.17, 15) is 19.2 Å². The van der Waals surface area contributed by atoms with Crippen LogP contribution >= 0.6 is 0 Å². The summed E-state index contributed by atoms with van der Waals surface area (Å²) in [5.41, 5.74) is -0.504. The third-order valence-electron chi connectivity index (χ3n) is 3.61. The first-order valence-corrected chi connectivity index (χ1v) is 7.51. The minimum absolute atomic E-state index is 0.0560. The number of hydrogen-bond donors (Lipinski definition) is 0. The van der Waals surface area contributed by atoms with E-state index < -0.39 is 23.9 Å². The van der Waals surface area contributed by atoms with E-state index in [0.29, 0.717) is 0 Å². The Bertz CT molecular complexity index is 896. The zero-order chi connectivity index (χ0) is 19.4. The van der Waals surface area contributed by atoms with Crippen molar-refractivity contribution in [3.8, 4) is 0 Å². The smallest absolute Gasteiger partial charge is 0.356 e. The van der Waals surface area contributed by atoms with Crippen LogP contribution in [0.25, 0.3) is 5.52 Å². The Morgan fingerprint density at radius 2 is 1.46 bits per heavy atom. The van der Waals surface area contributed by atoms with E-state index in [4.69, 9.17) is 14.2 Å².